The number of imidazole rings is 1. The Morgan fingerprint density at radius 3 is 2.45 bits per heavy atom. The molecule has 0 saturated carbocycles. The van der Waals surface area contributed by atoms with Gasteiger partial charge in [0.25, 0.3) is 5.91 Å². The number of hydrogen-bond acceptors (Lipinski definition) is 4. The van der Waals surface area contributed by atoms with Crippen LogP contribution in [0, 0.1) is 23.7 Å². The van der Waals surface area contributed by atoms with E-state index >= 15 is 0 Å². The van der Waals surface area contributed by atoms with Gasteiger partial charge in [0.05, 0.1) is 29.6 Å². The van der Waals surface area contributed by atoms with Gasteiger partial charge in [0.1, 0.15) is 5.69 Å². The standard InChI is InChI=1S/C26H27N5O2/c1-19-4-2-3-5-22(19)14-26(25(28)33)10-12-30(13-11-26)24(32)23-16-29-18-31(23)17-21-8-6-20(15-27)7-9-21/h2-9,16,18H,10-14,17H2,1H3,(H2,28,33). The molecule has 1 saturated heterocycles. The van der Waals surface area contributed by atoms with E-state index < -0.39 is 5.41 Å². The molecule has 2 aromatic carbocycles. The molecule has 2 N–H and O–H groups in total. The van der Waals surface area contributed by atoms with Crippen molar-refractivity contribution in [3.05, 3.63) is 89.0 Å². The van der Waals surface area contributed by atoms with E-state index in [1.54, 1.807) is 29.6 Å². The smallest absolute Gasteiger partial charge is 0.272 e. The summed E-state index contributed by atoms with van der Waals surface area (Å²) in [7, 11) is 0. The number of aromatic nitrogens is 2. The maximum atomic E-state index is 13.3. The number of hydrogen-bond donors (Lipinski definition) is 1. The molecule has 2 heterocycles. The van der Waals surface area contributed by atoms with Gasteiger partial charge in [-0.1, -0.05) is 36.4 Å². The van der Waals surface area contributed by atoms with Crippen molar-refractivity contribution in [2.75, 3.05) is 13.1 Å². The lowest BCUT2D eigenvalue weighted by Crippen LogP contribution is -2.50. The predicted octanol–water partition coefficient (Wildman–Crippen LogP) is 3.06. The number of carbonyl (C=O) groups is 2. The number of carbonyl (C=O) groups excluding carboxylic acids is 2. The Labute approximate surface area is 193 Å². The number of rotatable bonds is 6. The first kappa shape index (κ1) is 22.3. The van der Waals surface area contributed by atoms with Gasteiger partial charge >= 0.3 is 0 Å². The number of nitrogens with two attached hydrogens (primary N) is 1. The highest BCUT2D eigenvalue weighted by Crippen LogP contribution is 2.36. The molecular weight excluding hydrogens is 414 g/mol. The van der Waals surface area contributed by atoms with Crippen LogP contribution in [0.5, 0.6) is 0 Å². The van der Waals surface area contributed by atoms with Crippen molar-refractivity contribution >= 4 is 11.8 Å². The van der Waals surface area contributed by atoms with Crippen molar-refractivity contribution < 1.29 is 9.59 Å². The Morgan fingerprint density at radius 1 is 1.12 bits per heavy atom. The Kier molecular flexibility index (Phi) is 6.27. The van der Waals surface area contributed by atoms with Crippen LogP contribution in [0.2, 0.25) is 0 Å². The maximum Gasteiger partial charge on any atom is 0.272 e. The van der Waals surface area contributed by atoms with Crippen LogP contribution in [0.4, 0.5) is 0 Å². The Bertz CT molecular complexity index is 1200. The lowest BCUT2D eigenvalue weighted by atomic mass is 9.72. The molecule has 1 aliphatic rings. The third kappa shape index (κ3) is 4.65. The van der Waals surface area contributed by atoms with Gasteiger partial charge in [-0.2, -0.15) is 5.26 Å². The van der Waals surface area contributed by atoms with Crippen LogP contribution in [-0.2, 0) is 17.8 Å². The number of aryl methyl sites for hydroxylation is 1. The van der Waals surface area contributed by atoms with Crippen molar-refractivity contribution in [1.82, 2.24) is 14.5 Å². The fraction of sp³-hybridized carbons (Fsp3) is 0.308. The minimum absolute atomic E-state index is 0.102. The molecule has 0 unspecified atom stereocenters. The molecule has 3 aromatic rings. The number of primary amides is 1. The van der Waals surface area contributed by atoms with Gasteiger partial charge < -0.3 is 15.2 Å². The Hall–Kier alpha value is -3.92. The quantitative estimate of drug-likeness (QED) is 0.635. The minimum Gasteiger partial charge on any atom is -0.369 e. The van der Waals surface area contributed by atoms with E-state index in [1.807, 2.05) is 47.9 Å². The van der Waals surface area contributed by atoms with E-state index in [9.17, 15) is 9.59 Å². The van der Waals surface area contributed by atoms with Crippen LogP contribution in [0.1, 0.15) is 45.6 Å². The lowest BCUT2D eigenvalue weighted by molar-refractivity contribution is -0.130. The summed E-state index contributed by atoms with van der Waals surface area (Å²) in [5.74, 6) is -0.404. The molecule has 168 valence electrons. The van der Waals surface area contributed by atoms with Crippen molar-refractivity contribution in [3.8, 4) is 6.07 Å². The zero-order valence-corrected chi connectivity index (χ0v) is 18.7. The highest BCUT2D eigenvalue weighted by atomic mass is 16.2. The summed E-state index contributed by atoms with van der Waals surface area (Å²) < 4.78 is 1.81. The predicted molar refractivity (Wildman–Crippen MR) is 124 cm³/mol. The molecule has 0 aliphatic carbocycles. The first-order chi connectivity index (χ1) is 15.9. The molecule has 1 aliphatic heterocycles. The Morgan fingerprint density at radius 2 is 1.82 bits per heavy atom. The van der Waals surface area contributed by atoms with Crippen LogP contribution >= 0.6 is 0 Å². The van der Waals surface area contributed by atoms with E-state index in [-0.39, 0.29) is 11.8 Å². The van der Waals surface area contributed by atoms with Gasteiger partial charge in [-0.3, -0.25) is 9.59 Å². The first-order valence-electron chi connectivity index (χ1n) is 11.0. The van der Waals surface area contributed by atoms with Gasteiger partial charge in [-0.05, 0) is 55.0 Å². The van der Waals surface area contributed by atoms with Crippen LogP contribution in [0.15, 0.2) is 61.1 Å². The van der Waals surface area contributed by atoms with Crippen LogP contribution in [-0.4, -0.2) is 39.4 Å². The molecule has 0 spiro atoms. The fourth-order valence-corrected chi connectivity index (χ4v) is 4.49. The summed E-state index contributed by atoms with van der Waals surface area (Å²) in [6.07, 6.45) is 4.88. The molecule has 2 amide bonds. The molecule has 7 heteroatoms. The minimum atomic E-state index is -0.647. The molecule has 1 fully saturated rings. The normalized spacial score (nSPS) is 15.1. The summed E-state index contributed by atoms with van der Waals surface area (Å²) in [6.45, 7) is 3.46. The summed E-state index contributed by atoms with van der Waals surface area (Å²) in [5.41, 5.74) is 9.56. The van der Waals surface area contributed by atoms with E-state index in [2.05, 4.69) is 11.1 Å². The largest absolute Gasteiger partial charge is 0.369 e. The van der Waals surface area contributed by atoms with E-state index in [4.69, 9.17) is 11.0 Å². The van der Waals surface area contributed by atoms with E-state index in [0.29, 0.717) is 50.2 Å². The van der Waals surface area contributed by atoms with Crippen LogP contribution < -0.4 is 5.73 Å². The number of piperidine rings is 1. The van der Waals surface area contributed by atoms with Gasteiger partial charge in [0, 0.05) is 19.6 Å². The van der Waals surface area contributed by atoms with Crippen molar-refractivity contribution in [3.63, 3.8) is 0 Å². The van der Waals surface area contributed by atoms with E-state index in [0.717, 1.165) is 16.7 Å². The van der Waals surface area contributed by atoms with Gasteiger partial charge in [0.2, 0.25) is 5.91 Å². The number of amides is 2. The number of nitriles is 1. The highest BCUT2D eigenvalue weighted by molar-refractivity contribution is 5.93. The number of benzene rings is 2. The SMILES string of the molecule is Cc1ccccc1CC1(C(N)=O)CCN(C(=O)c2cncn2Cc2ccc(C#N)cc2)CC1. The highest BCUT2D eigenvalue weighted by Gasteiger charge is 2.41. The van der Waals surface area contributed by atoms with Gasteiger partial charge in [0.15, 0.2) is 0 Å². The molecule has 0 atom stereocenters. The zero-order valence-electron chi connectivity index (χ0n) is 18.7. The lowest BCUT2D eigenvalue weighted by Gasteiger charge is -2.40. The maximum absolute atomic E-state index is 13.3. The average Bonchev–Trinajstić information content (AvgIpc) is 3.29. The monoisotopic (exact) mass is 441 g/mol. The van der Waals surface area contributed by atoms with E-state index in [1.165, 1.54) is 0 Å². The molecule has 0 bridgehead atoms. The topological polar surface area (TPSA) is 105 Å². The van der Waals surface area contributed by atoms with Crippen molar-refractivity contribution in [2.45, 2.75) is 32.7 Å². The van der Waals surface area contributed by atoms with Crippen LogP contribution in [0.3, 0.4) is 0 Å². The zero-order chi connectivity index (χ0) is 23.4. The number of likely N-dealkylation sites (tertiary alicyclic amines) is 1. The number of nitrogens with zero attached hydrogens (tertiary/aromatic N) is 4. The summed E-state index contributed by atoms with van der Waals surface area (Å²) >= 11 is 0. The summed E-state index contributed by atoms with van der Waals surface area (Å²) in [4.78, 5) is 31.7. The second kappa shape index (κ2) is 9.29. The molecule has 33 heavy (non-hydrogen) atoms. The molecule has 7 nitrogen and oxygen atoms in total. The van der Waals surface area contributed by atoms with Crippen molar-refractivity contribution in [2.24, 2.45) is 11.1 Å². The summed E-state index contributed by atoms with van der Waals surface area (Å²) in [6, 6.07) is 17.4. The first-order valence-corrected chi connectivity index (χ1v) is 11.0. The third-order valence-electron chi connectivity index (χ3n) is 6.69. The van der Waals surface area contributed by atoms with Crippen molar-refractivity contribution in [1.29, 1.82) is 5.26 Å². The average molecular weight is 442 g/mol. The second-order valence-electron chi connectivity index (χ2n) is 8.76. The second-order valence-corrected chi connectivity index (χ2v) is 8.76. The molecule has 0 radical (unpaired) electrons. The summed E-state index contributed by atoms with van der Waals surface area (Å²) in [5, 5.41) is 8.97. The molecule has 1 aromatic heterocycles. The Balaban J connectivity index is 1.46. The molecular formula is C26H27N5O2. The van der Waals surface area contributed by atoms with Crippen LogP contribution in [0.25, 0.3) is 0 Å². The third-order valence-corrected chi connectivity index (χ3v) is 6.69. The fourth-order valence-electron chi connectivity index (χ4n) is 4.49. The molecule has 4 rings (SSSR count). The van der Waals surface area contributed by atoms with Gasteiger partial charge in [-0.25, -0.2) is 4.98 Å². The van der Waals surface area contributed by atoms with Gasteiger partial charge in [-0.15, -0.1) is 0 Å².